The van der Waals surface area contributed by atoms with Crippen molar-refractivity contribution in [1.29, 1.82) is 0 Å². The SMILES string of the molecule is O=[N+]([O-])c1ccc(C2(CO)CC2)s1. The molecule has 1 aromatic rings. The molecule has 0 radical (unpaired) electrons. The zero-order valence-electron chi connectivity index (χ0n) is 6.90. The van der Waals surface area contributed by atoms with E-state index in [1.54, 1.807) is 6.07 Å². The molecule has 1 aliphatic rings. The Labute approximate surface area is 79.0 Å². The number of aliphatic hydroxyl groups excluding tert-OH is 1. The van der Waals surface area contributed by atoms with Gasteiger partial charge in [-0.2, -0.15) is 0 Å². The van der Waals surface area contributed by atoms with Crippen molar-refractivity contribution in [2.24, 2.45) is 0 Å². The summed E-state index contributed by atoms with van der Waals surface area (Å²) in [4.78, 5) is 11.0. The third-order valence-electron chi connectivity index (χ3n) is 2.45. The first-order valence-electron chi connectivity index (χ1n) is 4.03. The highest BCUT2D eigenvalue weighted by atomic mass is 32.1. The third-order valence-corrected chi connectivity index (χ3v) is 3.73. The summed E-state index contributed by atoms with van der Waals surface area (Å²) >= 11 is 1.18. The highest BCUT2D eigenvalue weighted by molar-refractivity contribution is 7.15. The molecule has 1 N–H and O–H groups in total. The van der Waals surface area contributed by atoms with E-state index in [1.807, 2.05) is 0 Å². The van der Waals surface area contributed by atoms with Crippen molar-refractivity contribution in [2.75, 3.05) is 6.61 Å². The zero-order chi connectivity index (χ0) is 9.47. The zero-order valence-corrected chi connectivity index (χ0v) is 7.71. The highest BCUT2D eigenvalue weighted by Crippen LogP contribution is 2.50. The predicted molar refractivity (Wildman–Crippen MR) is 49.0 cm³/mol. The number of aliphatic hydroxyl groups is 1. The van der Waals surface area contributed by atoms with Crippen LogP contribution in [0.2, 0.25) is 0 Å². The van der Waals surface area contributed by atoms with Gasteiger partial charge in [-0.25, -0.2) is 0 Å². The lowest BCUT2D eigenvalue weighted by Gasteiger charge is -2.06. The highest BCUT2D eigenvalue weighted by Gasteiger charge is 2.45. The Morgan fingerprint density at radius 1 is 1.62 bits per heavy atom. The van der Waals surface area contributed by atoms with Gasteiger partial charge in [-0.05, 0) is 18.9 Å². The van der Waals surface area contributed by atoms with Crippen LogP contribution in [-0.4, -0.2) is 16.6 Å². The lowest BCUT2D eigenvalue weighted by molar-refractivity contribution is -0.380. The number of hydrogen-bond donors (Lipinski definition) is 1. The van der Waals surface area contributed by atoms with Gasteiger partial charge in [-0.3, -0.25) is 10.1 Å². The van der Waals surface area contributed by atoms with Gasteiger partial charge in [-0.15, -0.1) is 0 Å². The number of nitrogens with zero attached hydrogens (tertiary/aromatic N) is 1. The van der Waals surface area contributed by atoms with Crippen LogP contribution in [0.1, 0.15) is 17.7 Å². The Morgan fingerprint density at radius 3 is 2.69 bits per heavy atom. The summed E-state index contributed by atoms with van der Waals surface area (Å²) in [5, 5.41) is 19.7. The fourth-order valence-electron chi connectivity index (χ4n) is 1.34. The topological polar surface area (TPSA) is 63.4 Å². The predicted octanol–water partition coefficient (Wildman–Crippen LogP) is 1.68. The Balaban J connectivity index is 2.28. The molecule has 5 heteroatoms. The van der Waals surface area contributed by atoms with Crippen LogP contribution >= 0.6 is 11.3 Å². The minimum Gasteiger partial charge on any atom is -0.395 e. The van der Waals surface area contributed by atoms with Gasteiger partial charge in [0.15, 0.2) is 0 Å². The van der Waals surface area contributed by atoms with Crippen molar-refractivity contribution in [3.63, 3.8) is 0 Å². The first-order valence-corrected chi connectivity index (χ1v) is 4.85. The second kappa shape index (κ2) is 2.78. The van der Waals surface area contributed by atoms with Crippen molar-refractivity contribution in [3.05, 3.63) is 27.1 Å². The first-order chi connectivity index (χ1) is 6.18. The van der Waals surface area contributed by atoms with Gasteiger partial charge in [0, 0.05) is 16.4 Å². The summed E-state index contributed by atoms with van der Waals surface area (Å²) in [5.41, 5.74) is -0.140. The van der Waals surface area contributed by atoms with E-state index in [4.69, 9.17) is 5.11 Å². The molecule has 0 aromatic carbocycles. The van der Waals surface area contributed by atoms with Gasteiger partial charge in [0.25, 0.3) is 0 Å². The van der Waals surface area contributed by atoms with E-state index in [0.29, 0.717) is 0 Å². The van der Waals surface area contributed by atoms with E-state index in [9.17, 15) is 10.1 Å². The third kappa shape index (κ3) is 1.34. The van der Waals surface area contributed by atoms with Crippen LogP contribution in [0.4, 0.5) is 5.00 Å². The summed E-state index contributed by atoms with van der Waals surface area (Å²) < 4.78 is 0. The molecular formula is C8H9NO3S. The minimum absolute atomic E-state index is 0.102. The molecule has 0 atom stereocenters. The van der Waals surface area contributed by atoms with Crippen LogP contribution in [-0.2, 0) is 5.41 Å². The maximum atomic E-state index is 10.4. The van der Waals surface area contributed by atoms with Crippen LogP contribution in [0.5, 0.6) is 0 Å². The summed E-state index contributed by atoms with van der Waals surface area (Å²) in [5.74, 6) is 0. The number of rotatable bonds is 3. The molecule has 0 saturated heterocycles. The van der Waals surface area contributed by atoms with Gasteiger partial charge in [0.1, 0.15) is 0 Å². The summed E-state index contributed by atoms with van der Waals surface area (Å²) in [6.07, 6.45) is 1.89. The Bertz CT molecular complexity index is 343. The van der Waals surface area contributed by atoms with Crippen molar-refractivity contribution in [1.82, 2.24) is 0 Å². The summed E-state index contributed by atoms with van der Waals surface area (Å²) in [6, 6.07) is 3.27. The van der Waals surface area contributed by atoms with E-state index in [-0.39, 0.29) is 21.9 Å². The lowest BCUT2D eigenvalue weighted by Crippen LogP contribution is -2.09. The molecule has 1 saturated carbocycles. The number of hydrogen-bond acceptors (Lipinski definition) is 4. The normalized spacial score (nSPS) is 18.5. The smallest absolute Gasteiger partial charge is 0.324 e. The van der Waals surface area contributed by atoms with Crippen molar-refractivity contribution in [3.8, 4) is 0 Å². The van der Waals surface area contributed by atoms with Gasteiger partial charge in [0.05, 0.1) is 11.5 Å². The molecule has 1 aliphatic carbocycles. The molecule has 4 nitrogen and oxygen atoms in total. The van der Waals surface area contributed by atoms with E-state index < -0.39 is 0 Å². The van der Waals surface area contributed by atoms with Crippen LogP contribution in [0.15, 0.2) is 12.1 Å². The molecule has 0 unspecified atom stereocenters. The molecule has 0 spiro atoms. The van der Waals surface area contributed by atoms with E-state index >= 15 is 0 Å². The largest absolute Gasteiger partial charge is 0.395 e. The second-order valence-electron chi connectivity index (χ2n) is 3.33. The van der Waals surface area contributed by atoms with Crippen LogP contribution < -0.4 is 0 Å². The first kappa shape index (κ1) is 8.65. The number of thiophene rings is 1. The van der Waals surface area contributed by atoms with E-state index in [2.05, 4.69) is 0 Å². The monoisotopic (exact) mass is 199 g/mol. The molecule has 13 heavy (non-hydrogen) atoms. The standard InChI is InChI=1S/C8H9NO3S/c10-5-8(3-4-8)6-1-2-7(13-6)9(11)12/h1-2,10H,3-5H2. The number of nitro groups is 1. The van der Waals surface area contributed by atoms with Crippen molar-refractivity contribution in [2.45, 2.75) is 18.3 Å². The maximum Gasteiger partial charge on any atom is 0.324 e. The Hall–Kier alpha value is -0.940. The molecular weight excluding hydrogens is 190 g/mol. The Morgan fingerprint density at radius 2 is 2.31 bits per heavy atom. The van der Waals surface area contributed by atoms with Gasteiger partial charge < -0.3 is 5.11 Å². The van der Waals surface area contributed by atoms with Crippen LogP contribution in [0.25, 0.3) is 0 Å². The molecule has 0 aliphatic heterocycles. The molecule has 1 fully saturated rings. The van der Waals surface area contributed by atoms with Gasteiger partial charge in [-0.1, -0.05) is 11.3 Å². The molecule has 1 aromatic heterocycles. The molecule has 1 heterocycles. The van der Waals surface area contributed by atoms with E-state index in [1.165, 1.54) is 17.4 Å². The average molecular weight is 199 g/mol. The van der Waals surface area contributed by atoms with Crippen LogP contribution in [0.3, 0.4) is 0 Å². The quantitative estimate of drug-likeness (QED) is 0.595. The van der Waals surface area contributed by atoms with Crippen LogP contribution in [0, 0.1) is 10.1 Å². The summed E-state index contributed by atoms with van der Waals surface area (Å²) in [7, 11) is 0. The second-order valence-corrected chi connectivity index (χ2v) is 4.40. The molecule has 2 rings (SSSR count). The maximum absolute atomic E-state index is 10.4. The summed E-state index contributed by atoms with van der Waals surface area (Å²) in [6.45, 7) is 0.102. The lowest BCUT2D eigenvalue weighted by atomic mass is 10.1. The van der Waals surface area contributed by atoms with Gasteiger partial charge >= 0.3 is 5.00 Å². The molecule has 0 bridgehead atoms. The van der Waals surface area contributed by atoms with Gasteiger partial charge in [0.2, 0.25) is 0 Å². The van der Waals surface area contributed by atoms with E-state index in [0.717, 1.165) is 17.7 Å². The molecule has 70 valence electrons. The van der Waals surface area contributed by atoms with Crippen molar-refractivity contribution < 1.29 is 10.0 Å². The minimum atomic E-state index is -0.387. The fraction of sp³-hybridized carbons (Fsp3) is 0.500. The average Bonchev–Trinajstić information content (AvgIpc) is 2.75. The molecule has 0 amide bonds. The Kier molecular flexibility index (Phi) is 1.85. The fourth-order valence-corrected chi connectivity index (χ4v) is 2.40. The van der Waals surface area contributed by atoms with Crippen molar-refractivity contribution >= 4 is 16.3 Å².